The average molecular weight is 306 g/mol. The first-order chi connectivity index (χ1) is 8.06. The van der Waals surface area contributed by atoms with Crippen molar-refractivity contribution in [3.05, 3.63) is 16.4 Å². The highest BCUT2D eigenvalue weighted by molar-refractivity contribution is 9.10. The van der Waals surface area contributed by atoms with Crippen molar-refractivity contribution in [2.24, 2.45) is 0 Å². The quantitative estimate of drug-likeness (QED) is 0.824. The number of halogens is 1. The van der Waals surface area contributed by atoms with Crippen LogP contribution in [0.15, 0.2) is 10.7 Å². The third kappa shape index (κ3) is 4.39. The number of aliphatic hydroxyl groups is 1. The maximum atomic E-state index is 10.1. The van der Waals surface area contributed by atoms with Crippen LogP contribution in [-0.4, -0.2) is 54.1 Å². The van der Waals surface area contributed by atoms with Crippen LogP contribution in [0, 0.1) is 0 Å². The van der Waals surface area contributed by atoms with Gasteiger partial charge in [-0.3, -0.25) is 4.68 Å². The lowest BCUT2D eigenvalue weighted by atomic mass is 10.2. The van der Waals surface area contributed by atoms with Crippen LogP contribution in [0.4, 0.5) is 0 Å². The Morgan fingerprint density at radius 2 is 2.29 bits per heavy atom. The Kier molecular flexibility index (Phi) is 6.11. The molecule has 0 aliphatic rings. The van der Waals surface area contributed by atoms with Gasteiger partial charge in [-0.2, -0.15) is 5.10 Å². The monoisotopic (exact) mass is 305 g/mol. The van der Waals surface area contributed by atoms with Gasteiger partial charge in [-0.1, -0.05) is 0 Å². The minimum absolute atomic E-state index is 0.534. The van der Waals surface area contributed by atoms with Gasteiger partial charge in [0.1, 0.15) is 0 Å². The Morgan fingerprint density at radius 3 is 2.88 bits per heavy atom. The number of ether oxygens (including phenoxy) is 1. The molecule has 0 aliphatic carbocycles. The minimum atomic E-state index is -0.547. The molecule has 1 N–H and O–H groups in total. The van der Waals surface area contributed by atoms with Crippen LogP contribution in [0.5, 0.6) is 0 Å². The molecule has 6 heteroatoms. The molecule has 0 aliphatic heterocycles. The molecule has 0 spiro atoms. The van der Waals surface area contributed by atoms with E-state index in [1.54, 1.807) is 13.3 Å². The van der Waals surface area contributed by atoms with Gasteiger partial charge in [0.25, 0.3) is 0 Å². The summed E-state index contributed by atoms with van der Waals surface area (Å²) in [6.07, 6.45) is 1.75. The van der Waals surface area contributed by atoms with Gasteiger partial charge in [-0.25, -0.2) is 0 Å². The van der Waals surface area contributed by atoms with Crippen molar-refractivity contribution in [1.82, 2.24) is 14.7 Å². The zero-order chi connectivity index (χ0) is 12.8. The van der Waals surface area contributed by atoms with Gasteiger partial charge in [0.15, 0.2) is 0 Å². The summed E-state index contributed by atoms with van der Waals surface area (Å²) in [4.78, 5) is 2.08. The number of nitrogens with zero attached hydrogens (tertiary/aromatic N) is 3. The van der Waals surface area contributed by atoms with Gasteiger partial charge in [0.2, 0.25) is 0 Å². The summed E-state index contributed by atoms with van der Waals surface area (Å²) in [7, 11) is 5.66. The fourth-order valence-electron chi connectivity index (χ4n) is 1.54. The topological polar surface area (TPSA) is 50.5 Å². The maximum Gasteiger partial charge on any atom is 0.0990 e. The fraction of sp³-hybridized carbons (Fsp3) is 0.727. The van der Waals surface area contributed by atoms with Crippen molar-refractivity contribution in [3.63, 3.8) is 0 Å². The van der Waals surface area contributed by atoms with Crippen molar-refractivity contribution < 1.29 is 9.84 Å². The number of hydrogen-bond acceptors (Lipinski definition) is 4. The lowest BCUT2D eigenvalue weighted by molar-refractivity contribution is 0.103. The Hall–Kier alpha value is -0.430. The van der Waals surface area contributed by atoms with Gasteiger partial charge in [-0.05, 0) is 30.0 Å². The number of methoxy groups -OCH3 is 1. The van der Waals surface area contributed by atoms with Crippen molar-refractivity contribution in [2.45, 2.75) is 19.1 Å². The van der Waals surface area contributed by atoms with Crippen molar-refractivity contribution in [3.8, 4) is 0 Å². The van der Waals surface area contributed by atoms with Crippen LogP contribution >= 0.6 is 15.9 Å². The molecule has 0 radical (unpaired) electrons. The molecule has 1 rings (SSSR count). The maximum absolute atomic E-state index is 10.1. The first-order valence-corrected chi connectivity index (χ1v) is 6.38. The largest absolute Gasteiger partial charge is 0.387 e. The van der Waals surface area contributed by atoms with Gasteiger partial charge in [-0.15, -0.1) is 0 Å². The highest BCUT2D eigenvalue weighted by Crippen LogP contribution is 2.25. The molecule has 0 amide bonds. The van der Waals surface area contributed by atoms with Crippen LogP contribution in [0.2, 0.25) is 0 Å². The molecule has 1 aromatic heterocycles. The summed E-state index contributed by atoms with van der Waals surface area (Å²) in [5.41, 5.74) is 0.823. The van der Waals surface area contributed by atoms with Crippen molar-refractivity contribution in [1.29, 1.82) is 0 Å². The standard InChI is InChI=1S/C11H20BrN3O2/c1-14(2)5-6-15-11(9(12)8-13-15)10(16)4-7-17-3/h8,10,16H,4-7H2,1-3H3. The van der Waals surface area contributed by atoms with E-state index in [-0.39, 0.29) is 0 Å². The molecule has 5 nitrogen and oxygen atoms in total. The summed E-state index contributed by atoms with van der Waals surface area (Å²) >= 11 is 3.42. The number of hydrogen-bond donors (Lipinski definition) is 1. The van der Waals surface area contributed by atoms with Gasteiger partial charge < -0.3 is 14.7 Å². The third-order valence-corrected chi connectivity index (χ3v) is 3.11. The second-order valence-electron chi connectivity index (χ2n) is 4.20. The molecule has 0 saturated carbocycles. The Balaban J connectivity index is 2.71. The normalized spacial score (nSPS) is 13.3. The molecule has 0 fully saturated rings. The second-order valence-corrected chi connectivity index (χ2v) is 5.06. The zero-order valence-electron chi connectivity index (χ0n) is 10.6. The average Bonchev–Trinajstić information content (AvgIpc) is 2.64. The first kappa shape index (κ1) is 14.6. The summed E-state index contributed by atoms with van der Waals surface area (Å²) < 4.78 is 7.66. The van der Waals surface area contributed by atoms with E-state index >= 15 is 0 Å². The van der Waals surface area contributed by atoms with E-state index < -0.39 is 6.10 Å². The van der Waals surface area contributed by atoms with Crippen LogP contribution in [0.3, 0.4) is 0 Å². The SMILES string of the molecule is COCCC(O)c1c(Br)cnn1CCN(C)C. The third-order valence-electron chi connectivity index (χ3n) is 2.50. The van der Waals surface area contributed by atoms with Crippen molar-refractivity contribution in [2.75, 3.05) is 34.4 Å². The van der Waals surface area contributed by atoms with E-state index in [9.17, 15) is 5.11 Å². The Labute approximate surface area is 110 Å². The molecule has 0 bridgehead atoms. The minimum Gasteiger partial charge on any atom is -0.387 e. The second kappa shape index (κ2) is 7.10. The molecule has 0 saturated heterocycles. The van der Waals surface area contributed by atoms with Gasteiger partial charge in [0.05, 0.1) is 29.0 Å². The molecule has 17 heavy (non-hydrogen) atoms. The molecule has 98 valence electrons. The smallest absolute Gasteiger partial charge is 0.0990 e. The predicted molar refractivity (Wildman–Crippen MR) is 69.9 cm³/mol. The number of rotatable bonds is 7. The van der Waals surface area contributed by atoms with E-state index in [4.69, 9.17) is 4.74 Å². The summed E-state index contributed by atoms with van der Waals surface area (Å²) in [6.45, 7) is 2.18. The summed E-state index contributed by atoms with van der Waals surface area (Å²) in [5.74, 6) is 0. The Bertz CT molecular complexity index is 341. The van der Waals surface area contributed by atoms with Crippen LogP contribution in [0.1, 0.15) is 18.2 Å². The van der Waals surface area contributed by atoms with Crippen molar-refractivity contribution >= 4 is 15.9 Å². The first-order valence-electron chi connectivity index (χ1n) is 5.59. The van der Waals surface area contributed by atoms with E-state index in [1.807, 2.05) is 18.8 Å². The van der Waals surface area contributed by atoms with E-state index in [0.29, 0.717) is 13.0 Å². The molecular weight excluding hydrogens is 286 g/mol. The highest BCUT2D eigenvalue weighted by Gasteiger charge is 2.17. The molecule has 1 unspecified atom stereocenters. The molecule has 1 heterocycles. The molecule has 1 aromatic rings. The van der Waals surface area contributed by atoms with Crippen LogP contribution < -0.4 is 0 Å². The lowest BCUT2D eigenvalue weighted by Crippen LogP contribution is -2.21. The number of likely N-dealkylation sites (N-methyl/N-ethyl adjacent to an activating group) is 1. The summed E-state index contributed by atoms with van der Waals surface area (Å²) in [5, 5.41) is 14.3. The van der Waals surface area contributed by atoms with E-state index in [1.165, 1.54) is 0 Å². The number of aromatic nitrogens is 2. The fourth-order valence-corrected chi connectivity index (χ4v) is 2.10. The summed E-state index contributed by atoms with van der Waals surface area (Å²) in [6, 6.07) is 0. The van der Waals surface area contributed by atoms with E-state index in [2.05, 4.69) is 25.9 Å². The highest BCUT2D eigenvalue weighted by atomic mass is 79.9. The zero-order valence-corrected chi connectivity index (χ0v) is 12.1. The van der Waals surface area contributed by atoms with Gasteiger partial charge >= 0.3 is 0 Å². The van der Waals surface area contributed by atoms with Crippen LogP contribution in [0.25, 0.3) is 0 Å². The molecule has 1 atom stereocenters. The Morgan fingerprint density at radius 1 is 1.59 bits per heavy atom. The molecule has 0 aromatic carbocycles. The van der Waals surface area contributed by atoms with Gasteiger partial charge in [0, 0.05) is 26.7 Å². The predicted octanol–water partition coefficient (Wildman–Crippen LogP) is 1.28. The lowest BCUT2D eigenvalue weighted by Gasteiger charge is -2.15. The number of aliphatic hydroxyl groups excluding tert-OH is 1. The molecular formula is C11H20BrN3O2. The van der Waals surface area contributed by atoms with E-state index in [0.717, 1.165) is 23.3 Å². The van der Waals surface area contributed by atoms with Crippen LogP contribution in [-0.2, 0) is 11.3 Å².